The first-order chi connectivity index (χ1) is 4.39. The van der Waals surface area contributed by atoms with Crippen LogP contribution < -0.4 is 11.3 Å². The fourth-order valence-electron chi connectivity index (χ4n) is 0.516. The van der Waals surface area contributed by atoms with E-state index in [0.717, 1.165) is 0 Å². The summed E-state index contributed by atoms with van der Waals surface area (Å²) in [6.07, 6.45) is 0. The normalized spacial score (nSPS) is 14.9. The Morgan fingerprint density at radius 2 is 2.20 bits per heavy atom. The summed E-state index contributed by atoms with van der Waals surface area (Å²) >= 11 is 4.66. The maximum absolute atomic E-state index is 12.2. The van der Waals surface area contributed by atoms with Gasteiger partial charge in [0.25, 0.3) is 0 Å². The summed E-state index contributed by atoms with van der Waals surface area (Å²) in [5, 5.41) is -3.37. The molecule has 0 saturated heterocycles. The van der Waals surface area contributed by atoms with Gasteiger partial charge in [-0.05, 0) is 18.5 Å². The summed E-state index contributed by atoms with van der Waals surface area (Å²) in [7, 11) is 0. The molecule has 0 aromatic carbocycles. The topological polar surface area (TPSA) is 38.0 Å². The third-order valence-corrected chi connectivity index (χ3v) is 1.21. The van der Waals surface area contributed by atoms with Crippen molar-refractivity contribution in [1.29, 1.82) is 0 Å². The van der Waals surface area contributed by atoms with Crippen molar-refractivity contribution in [2.45, 2.75) is 18.3 Å². The number of nitrogens with one attached hydrogen (secondary N) is 1. The molecule has 1 unspecified atom stereocenters. The molecule has 0 amide bonds. The predicted molar refractivity (Wildman–Crippen MR) is 36.7 cm³/mol. The number of rotatable bonds is 3. The fraction of sp³-hybridized carbons (Fsp3) is 0.600. The van der Waals surface area contributed by atoms with Gasteiger partial charge in [0, 0.05) is 0 Å². The number of hydrogen-bond acceptors (Lipinski definition) is 2. The van der Waals surface area contributed by atoms with Crippen LogP contribution in [0.25, 0.3) is 0 Å². The van der Waals surface area contributed by atoms with E-state index in [9.17, 15) is 8.78 Å². The second kappa shape index (κ2) is 3.27. The third kappa shape index (κ3) is 2.60. The summed E-state index contributed by atoms with van der Waals surface area (Å²) in [5.41, 5.74) is 2.06. The lowest BCUT2D eigenvalue weighted by Gasteiger charge is -2.20. The van der Waals surface area contributed by atoms with Gasteiger partial charge in [-0.1, -0.05) is 12.2 Å². The summed E-state index contributed by atoms with van der Waals surface area (Å²) in [6, 6.07) is -1.37. The summed E-state index contributed by atoms with van der Waals surface area (Å²) in [6.45, 7) is 4.70. The SMILES string of the molecule is C=C(C)C(NN)C(F)(F)Cl. The van der Waals surface area contributed by atoms with E-state index in [0.29, 0.717) is 0 Å². The van der Waals surface area contributed by atoms with E-state index in [1.165, 1.54) is 6.92 Å². The van der Waals surface area contributed by atoms with Gasteiger partial charge in [0.2, 0.25) is 0 Å². The van der Waals surface area contributed by atoms with Gasteiger partial charge < -0.3 is 0 Å². The lowest BCUT2D eigenvalue weighted by molar-refractivity contribution is 0.0642. The highest BCUT2D eigenvalue weighted by molar-refractivity contribution is 6.22. The van der Waals surface area contributed by atoms with Crippen molar-refractivity contribution in [2.75, 3.05) is 0 Å². The van der Waals surface area contributed by atoms with E-state index in [1.807, 2.05) is 5.43 Å². The van der Waals surface area contributed by atoms with E-state index in [4.69, 9.17) is 5.84 Å². The van der Waals surface area contributed by atoms with Gasteiger partial charge in [0.05, 0.1) is 0 Å². The molecule has 0 bridgehead atoms. The largest absolute Gasteiger partial charge is 0.341 e. The minimum Gasteiger partial charge on any atom is -0.271 e. The van der Waals surface area contributed by atoms with Crippen LogP contribution in [0, 0.1) is 0 Å². The second-order valence-electron chi connectivity index (χ2n) is 1.99. The highest BCUT2D eigenvalue weighted by Gasteiger charge is 2.36. The molecule has 0 aliphatic heterocycles. The standard InChI is InChI=1S/C5H9ClF2N2/c1-3(2)4(10-9)5(6,7)8/h4,10H,1,9H2,2H3. The number of hydrazine groups is 1. The molecule has 0 fully saturated rings. The molecule has 0 heterocycles. The van der Waals surface area contributed by atoms with Crippen molar-refractivity contribution in [3.8, 4) is 0 Å². The minimum absolute atomic E-state index is 0.197. The molecule has 0 radical (unpaired) electrons. The van der Waals surface area contributed by atoms with E-state index in [2.05, 4.69) is 18.2 Å². The van der Waals surface area contributed by atoms with Crippen LogP contribution in [0.5, 0.6) is 0 Å². The minimum atomic E-state index is -3.37. The smallest absolute Gasteiger partial charge is 0.271 e. The van der Waals surface area contributed by atoms with E-state index in [-0.39, 0.29) is 5.57 Å². The zero-order valence-corrected chi connectivity index (χ0v) is 6.25. The van der Waals surface area contributed by atoms with Crippen molar-refractivity contribution < 1.29 is 8.78 Å². The molecule has 5 heteroatoms. The molecule has 0 aliphatic rings. The quantitative estimate of drug-likeness (QED) is 0.289. The van der Waals surface area contributed by atoms with Crippen molar-refractivity contribution >= 4 is 11.6 Å². The van der Waals surface area contributed by atoms with Crippen molar-refractivity contribution in [3.63, 3.8) is 0 Å². The van der Waals surface area contributed by atoms with Gasteiger partial charge in [-0.2, -0.15) is 8.78 Å². The van der Waals surface area contributed by atoms with E-state index >= 15 is 0 Å². The molecule has 0 spiro atoms. The Kier molecular flexibility index (Phi) is 3.21. The first-order valence-corrected chi connectivity index (χ1v) is 2.95. The molecule has 60 valence electrons. The van der Waals surface area contributed by atoms with Crippen molar-refractivity contribution in [3.05, 3.63) is 12.2 Å². The van der Waals surface area contributed by atoms with Crippen molar-refractivity contribution in [2.24, 2.45) is 5.84 Å². The Morgan fingerprint density at radius 1 is 1.80 bits per heavy atom. The highest BCUT2D eigenvalue weighted by Crippen LogP contribution is 2.26. The van der Waals surface area contributed by atoms with Gasteiger partial charge >= 0.3 is 5.38 Å². The molecule has 10 heavy (non-hydrogen) atoms. The molecule has 0 rings (SSSR count). The van der Waals surface area contributed by atoms with Gasteiger partial charge in [0.15, 0.2) is 0 Å². The Hall–Kier alpha value is -0.190. The molecule has 0 aromatic rings. The molecule has 0 saturated carbocycles. The van der Waals surface area contributed by atoms with Gasteiger partial charge in [0.1, 0.15) is 6.04 Å². The predicted octanol–water partition coefficient (Wildman–Crippen LogP) is 1.23. The highest BCUT2D eigenvalue weighted by atomic mass is 35.5. The van der Waals surface area contributed by atoms with Crippen molar-refractivity contribution in [1.82, 2.24) is 5.43 Å². The lowest BCUT2D eigenvalue weighted by Crippen LogP contribution is -2.45. The average Bonchev–Trinajstić information content (AvgIpc) is 1.60. The summed E-state index contributed by atoms with van der Waals surface area (Å²) in [4.78, 5) is 0. The molecular formula is C5H9ClF2N2. The van der Waals surface area contributed by atoms with Crippen LogP contribution in [0.3, 0.4) is 0 Å². The Balaban J connectivity index is 4.22. The monoisotopic (exact) mass is 170 g/mol. The van der Waals surface area contributed by atoms with Gasteiger partial charge in [-0.3, -0.25) is 5.84 Å². The molecule has 3 N–H and O–H groups in total. The molecule has 2 nitrogen and oxygen atoms in total. The molecule has 1 atom stereocenters. The second-order valence-corrected chi connectivity index (χ2v) is 2.49. The maximum atomic E-state index is 12.2. The number of halogens is 3. The number of hydrogen-bond donors (Lipinski definition) is 2. The lowest BCUT2D eigenvalue weighted by atomic mass is 10.2. The summed E-state index contributed by atoms with van der Waals surface area (Å²) in [5.74, 6) is 4.78. The van der Waals surface area contributed by atoms with Gasteiger partial charge in [-0.15, -0.1) is 0 Å². The maximum Gasteiger partial charge on any atom is 0.341 e. The van der Waals surface area contributed by atoms with Crippen LogP contribution in [-0.2, 0) is 0 Å². The van der Waals surface area contributed by atoms with Crippen LogP contribution in [0.2, 0.25) is 0 Å². The molecule has 0 aromatic heterocycles. The average molecular weight is 171 g/mol. The number of nitrogens with two attached hydrogens (primary N) is 1. The number of alkyl halides is 3. The van der Waals surface area contributed by atoms with E-state index in [1.54, 1.807) is 0 Å². The summed E-state index contributed by atoms with van der Waals surface area (Å²) < 4.78 is 24.4. The zero-order chi connectivity index (χ0) is 8.36. The first kappa shape index (κ1) is 9.81. The Bertz CT molecular complexity index is 132. The first-order valence-electron chi connectivity index (χ1n) is 2.58. The zero-order valence-electron chi connectivity index (χ0n) is 5.50. The van der Waals surface area contributed by atoms with Crippen LogP contribution in [0.1, 0.15) is 6.92 Å². The van der Waals surface area contributed by atoms with Crippen LogP contribution >= 0.6 is 11.6 Å². The Labute approximate surface area is 63.0 Å². The van der Waals surface area contributed by atoms with Crippen LogP contribution in [0.15, 0.2) is 12.2 Å². The Morgan fingerprint density at radius 3 is 2.20 bits per heavy atom. The fourth-order valence-corrected chi connectivity index (χ4v) is 0.765. The van der Waals surface area contributed by atoms with Gasteiger partial charge in [-0.25, -0.2) is 5.43 Å². The van der Waals surface area contributed by atoms with Crippen LogP contribution in [-0.4, -0.2) is 11.4 Å². The van der Waals surface area contributed by atoms with Crippen LogP contribution in [0.4, 0.5) is 8.78 Å². The van der Waals surface area contributed by atoms with E-state index < -0.39 is 11.4 Å². The third-order valence-electron chi connectivity index (χ3n) is 0.987. The molecular weight excluding hydrogens is 162 g/mol. The molecule has 0 aliphatic carbocycles.